The second-order valence-electron chi connectivity index (χ2n) is 10.6. The predicted molar refractivity (Wildman–Crippen MR) is 131 cm³/mol. The fraction of sp³-hybridized carbons (Fsp3) is 0.615. The molecule has 0 bridgehead atoms. The average molecular weight is 504 g/mol. The van der Waals surface area contributed by atoms with Crippen molar-refractivity contribution in [3.05, 3.63) is 35.9 Å². The van der Waals surface area contributed by atoms with Gasteiger partial charge in [0.2, 0.25) is 11.8 Å². The highest BCUT2D eigenvalue weighted by atomic mass is 16.6. The van der Waals surface area contributed by atoms with Crippen LogP contribution in [0.1, 0.15) is 58.9 Å². The Morgan fingerprint density at radius 3 is 2.22 bits per heavy atom. The molecule has 1 unspecified atom stereocenters. The van der Waals surface area contributed by atoms with E-state index in [-0.39, 0.29) is 5.91 Å². The molecule has 0 aromatic heterocycles. The van der Waals surface area contributed by atoms with Gasteiger partial charge >= 0.3 is 12.1 Å². The van der Waals surface area contributed by atoms with Crippen molar-refractivity contribution in [2.24, 2.45) is 0 Å². The summed E-state index contributed by atoms with van der Waals surface area (Å²) in [5, 5.41) is 21.5. The Morgan fingerprint density at radius 2 is 1.69 bits per heavy atom. The van der Waals surface area contributed by atoms with Crippen molar-refractivity contribution in [3.63, 3.8) is 0 Å². The van der Waals surface area contributed by atoms with E-state index < -0.39 is 47.2 Å². The van der Waals surface area contributed by atoms with Gasteiger partial charge in [0.25, 0.3) is 0 Å². The van der Waals surface area contributed by atoms with Gasteiger partial charge in [-0.25, -0.2) is 9.59 Å². The van der Waals surface area contributed by atoms with Crippen molar-refractivity contribution in [2.45, 2.75) is 82.6 Å². The number of nitrogens with zero attached hydrogens (tertiary/aromatic N) is 2. The number of piperidine rings is 1. The molecule has 3 N–H and O–H groups in total. The summed E-state index contributed by atoms with van der Waals surface area (Å²) in [6, 6.07) is 7.07. The minimum Gasteiger partial charge on any atom is -0.480 e. The number of carbonyl (C=O) groups is 4. The molecule has 36 heavy (non-hydrogen) atoms. The number of nitrogens with one attached hydrogen (secondary N) is 1. The summed E-state index contributed by atoms with van der Waals surface area (Å²) in [5.41, 5.74) is -0.743. The second kappa shape index (κ2) is 10.9. The first-order valence-electron chi connectivity index (χ1n) is 12.4. The number of hydrogen-bond donors (Lipinski definition) is 3. The zero-order valence-corrected chi connectivity index (χ0v) is 21.4. The first-order valence-corrected chi connectivity index (χ1v) is 12.4. The number of amides is 3. The molecule has 0 aliphatic carbocycles. The Kier molecular flexibility index (Phi) is 8.28. The van der Waals surface area contributed by atoms with Crippen LogP contribution in [0, 0.1) is 0 Å². The molecule has 2 fully saturated rings. The van der Waals surface area contributed by atoms with Gasteiger partial charge in [-0.2, -0.15) is 0 Å². The van der Waals surface area contributed by atoms with Crippen LogP contribution in [0.2, 0.25) is 0 Å². The van der Waals surface area contributed by atoms with Crippen LogP contribution in [0.3, 0.4) is 0 Å². The summed E-state index contributed by atoms with van der Waals surface area (Å²) in [4.78, 5) is 54.4. The van der Waals surface area contributed by atoms with E-state index in [9.17, 15) is 29.4 Å². The number of aliphatic hydroxyl groups is 1. The molecule has 3 rings (SSSR count). The highest BCUT2D eigenvalue weighted by Gasteiger charge is 2.49. The predicted octanol–water partition coefficient (Wildman–Crippen LogP) is 1.90. The minimum absolute atomic E-state index is 0.209. The molecule has 3 amide bonds. The monoisotopic (exact) mass is 503 g/mol. The molecule has 1 aromatic rings. The van der Waals surface area contributed by atoms with Crippen LogP contribution < -0.4 is 5.32 Å². The number of aliphatic hydroxyl groups excluding tert-OH is 1. The summed E-state index contributed by atoms with van der Waals surface area (Å²) in [6.45, 7) is 7.72. The van der Waals surface area contributed by atoms with Crippen LogP contribution in [0.15, 0.2) is 30.3 Å². The van der Waals surface area contributed by atoms with Crippen molar-refractivity contribution in [3.8, 4) is 0 Å². The Bertz CT molecular complexity index is 965. The number of carboxylic acids is 1. The van der Waals surface area contributed by atoms with E-state index in [1.54, 1.807) is 25.7 Å². The van der Waals surface area contributed by atoms with Crippen LogP contribution in [-0.4, -0.2) is 87.3 Å². The molecule has 0 radical (unpaired) electrons. The number of aliphatic carboxylic acids is 1. The Balaban J connectivity index is 1.84. The number of likely N-dealkylation sites (tertiary alicyclic amines) is 2. The number of rotatable bonds is 6. The second-order valence-corrected chi connectivity index (χ2v) is 10.6. The lowest BCUT2D eigenvalue weighted by atomic mass is 9.71. The summed E-state index contributed by atoms with van der Waals surface area (Å²) in [7, 11) is 0. The average Bonchev–Trinajstić information content (AvgIpc) is 3.31. The molecule has 2 aliphatic heterocycles. The van der Waals surface area contributed by atoms with E-state index in [1.807, 2.05) is 30.3 Å². The lowest BCUT2D eigenvalue weighted by molar-refractivity contribution is -0.148. The number of hydrogen-bond acceptors (Lipinski definition) is 6. The maximum absolute atomic E-state index is 14.1. The SMILES string of the molecule is CC(O)[C@H](NC(=O)[C@@H]1CCCN1C(=O)C1(c2ccccc2)CCN(C(=O)OC(C)(C)C)CC1)C(=O)O. The summed E-state index contributed by atoms with van der Waals surface area (Å²) in [5.74, 6) is -2.15. The Labute approximate surface area is 211 Å². The standard InChI is InChI=1S/C26H37N3O7/c1-17(30)20(22(32)33)27-21(31)19-11-8-14-29(19)23(34)26(18-9-6-5-7-10-18)12-15-28(16-13-26)24(35)36-25(2,3)4/h5-7,9-10,17,19-20,30H,8,11-16H2,1-4H3,(H,27,31)(H,32,33)/t17?,19-,20-/m0/s1. The van der Waals surface area contributed by atoms with E-state index in [0.717, 1.165) is 5.56 Å². The zero-order valence-electron chi connectivity index (χ0n) is 21.4. The van der Waals surface area contributed by atoms with Crippen molar-refractivity contribution in [2.75, 3.05) is 19.6 Å². The van der Waals surface area contributed by atoms with Crippen LogP contribution in [-0.2, 0) is 24.5 Å². The molecular formula is C26H37N3O7. The van der Waals surface area contributed by atoms with Crippen LogP contribution in [0.4, 0.5) is 4.79 Å². The molecule has 10 nitrogen and oxygen atoms in total. The summed E-state index contributed by atoms with van der Waals surface area (Å²) in [6.07, 6.45) is 0.0261. The normalized spacial score (nSPS) is 21.4. The van der Waals surface area contributed by atoms with Gasteiger partial charge in [-0.3, -0.25) is 9.59 Å². The largest absolute Gasteiger partial charge is 0.480 e. The van der Waals surface area contributed by atoms with Crippen molar-refractivity contribution < 1.29 is 34.1 Å². The number of benzene rings is 1. The van der Waals surface area contributed by atoms with Gasteiger partial charge in [-0.15, -0.1) is 0 Å². The molecule has 2 aliphatic rings. The fourth-order valence-corrected chi connectivity index (χ4v) is 4.98. The molecule has 0 saturated carbocycles. The van der Waals surface area contributed by atoms with Crippen LogP contribution in [0.25, 0.3) is 0 Å². The van der Waals surface area contributed by atoms with Gasteiger partial charge in [0.15, 0.2) is 6.04 Å². The third-order valence-corrected chi connectivity index (χ3v) is 6.87. The van der Waals surface area contributed by atoms with Crippen molar-refractivity contribution in [1.82, 2.24) is 15.1 Å². The molecule has 3 atom stereocenters. The van der Waals surface area contributed by atoms with Gasteiger partial charge in [-0.05, 0) is 58.9 Å². The maximum atomic E-state index is 14.1. The van der Waals surface area contributed by atoms with E-state index in [0.29, 0.717) is 45.3 Å². The molecule has 0 spiro atoms. The lowest BCUT2D eigenvalue weighted by Crippen LogP contribution is -2.58. The number of carbonyl (C=O) groups excluding carboxylic acids is 3. The molecule has 10 heteroatoms. The first-order chi connectivity index (χ1) is 16.9. The Hall–Kier alpha value is -3.14. The molecule has 198 valence electrons. The van der Waals surface area contributed by atoms with E-state index in [1.165, 1.54) is 11.8 Å². The van der Waals surface area contributed by atoms with Crippen LogP contribution >= 0.6 is 0 Å². The highest BCUT2D eigenvalue weighted by Crippen LogP contribution is 2.39. The molecule has 2 saturated heterocycles. The Morgan fingerprint density at radius 1 is 1.08 bits per heavy atom. The number of ether oxygens (including phenoxy) is 1. The lowest BCUT2D eigenvalue weighted by Gasteiger charge is -2.44. The van der Waals surface area contributed by atoms with Gasteiger partial charge in [0, 0.05) is 19.6 Å². The third-order valence-electron chi connectivity index (χ3n) is 6.87. The zero-order chi connectivity index (χ0) is 26.7. The van der Waals surface area contributed by atoms with Gasteiger partial charge in [0.1, 0.15) is 11.6 Å². The smallest absolute Gasteiger partial charge is 0.410 e. The van der Waals surface area contributed by atoms with Crippen molar-refractivity contribution in [1.29, 1.82) is 0 Å². The molecular weight excluding hydrogens is 466 g/mol. The third kappa shape index (κ3) is 5.98. The van der Waals surface area contributed by atoms with Crippen LogP contribution in [0.5, 0.6) is 0 Å². The van der Waals surface area contributed by atoms with Gasteiger partial charge < -0.3 is 30.1 Å². The number of carboxylic acid groups (broad SMARTS) is 1. The fourth-order valence-electron chi connectivity index (χ4n) is 4.98. The van der Waals surface area contributed by atoms with Gasteiger partial charge in [-0.1, -0.05) is 30.3 Å². The first kappa shape index (κ1) is 27.4. The maximum Gasteiger partial charge on any atom is 0.410 e. The summed E-state index contributed by atoms with van der Waals surface area (Å²) >= 11 is 0. The molecule has 2 heterocycles. The van der Waals surface area contributed by atoms with E-state index >= 15 is 0 Å². The topological polar surface area (TPSA) is 136 Å². The van der Waals surface area contributed by atoms with Gasteiger partial charge in [0.05, 0.1) is 11.5 Å². The van der Waals surface area contributed by atoms with Crippen molar-refractivity contribution >= 4 is 23.9 Å². The van der Waals surface area contributed by atoms with E-state index in [4.69, 9.17) is 4.74 Å². The quantitative estimate of drug-likeness (QED) is 0.539. The van der Waals surface area contributed by atoms with E-state index in [2.05, 4.69) is 5.32 Å². The minimum atomic E-state index is -1.46. The summed E-state index contributed by atoms with van der Waals surface area (Å²) < 4.78 is 5.51. The molecule has 1 aromatic carbocycles. The highest BCUT2D eigenvalue weighted by molar-refractivity contribution is 5.95.